The molecule has 0 aromatic rings. The van der Waals surface area contributed by atoms with Gasteiger partial charge >= 0.3 is 12.0 Å². The lowest BCUT2D eigenvalue weighted by molar-refractivity contribution is -0.139. The predicted octanol–water partition coefficient (Wildman–Crippen LogP) is 1.50. The van der Waals surface area contributed by atoms with Gasteiger partial charge < -0.3 is 20.5 Å². The van der Waals surface area contributed by atoms with Crippen molar-refractivity contribution in [1.82, 2.24) is 10.6 Å². The predicted molar refractivity (Wildman–Crippen MR) is 71.1 cm³/mol. The second kappa shape index (κ2) is 7.33. The molecule has 0 saturated heterocycles. The van der Waals surface area contributed by atoms with E-state index in [1.807, 2.05) is 6.92 Å². The van der Waals surface area contributed by atoms with Gasteiger partial charge in [-0.15, -0.1) is 0 Å². The molecule has 0 spiro atoms. The number of ether oxygens (including phenoxy) is 1. The number of methoxy groups -OCH3 is 1. The highest BCUT2D eigenvalue weighted by molar-refractivity contribution is 5.82. The number of carboxylic acids is 1. The summed E-state index contributed by atoms with van der Waals surface area (Å²) in [5.74, 6) is -1.01. The summed E-state index contributed by atoms with van der Waals surface area (Å²) < 4.78 is 4.88. The lowest BCUT2D eigenvalue weighted by Crippen LogP contribution is -2.58. The third-order valence-corrected chi connectivity index (χ3v) is 3.81. The standard InChI is InChI=1S/C13H24N2O4/c1-3-13(7-5-8-13)15-12(18)14-10(11(16)17)6-4-9-19-2/h10H,3-9H2,1-2H3,(H,16,17)(H2,14,15,18). The molecular weight excluding hydrogens is 248 g/mol. The highest BCUT2D eigenvalue weighted by atomic mass is 16.5. The van der Waals surface area contributed by atoms with Gasteiger partial charge in [0.05, 0.1) is 0 Å². The Labute approximate surface area is 113 Å². The molecule has 1 aliphatic carbocycles. The van der Waals surface area contributed by atoms with E-state index in [9.17, 15) is 9.59 Å². The van der Waals surface area contributed by atoms with E-state index in [0.29, 0.717) is 19.4 Å². The van der Waals surface area contributed by atoms with Crippen LogP contribution in [0.2, 0.25) is 0 Å². The van der Waals surface area contributed by atoms with Crippen molar-refractivity contribution in [3.63, 3.8) is 0 Å². The Kier molecular flexibility index (Phi) is 6.08. The van der Waals surface area contributed by atoms with Crippen LogP contribution in [0.5, 0.6) is 0 Å². The van der Waals surface area contributed by atoms with Crippen LogP contribution in [0.1, 0.15) is 45.4 Å². The highest BCUT2D eigenvalue weighted by Crippen LogP contribution is 2.34. The van der Waals surface area contributed by atoms with Gasteiger partial charge in [-0.05, 0) is 38.5 Å². The summed E-state index contributed by atoms with van der Waals surface area (Å²) in [7, 11) is 1.57. The molecule has 0 aromatic carbocycles. The number of carboxylic acid groups (broad SMARTS) is 1. The van der Waals surface area contributed by atoms with Crippen molar-refractivity contribution in [2.75, 3.05) is 13.7 Å². The minimum Gasteiger partial charge on any atom is -0.480 e. The van der Waals surface area contributed by atoms with Gasteiger partial charge in [-0.3, -0.25) is 0 Å². The molecule has 1 fully saturated rings. The average molecular weight is 272 g/mol. The second-order valence-corrected chi connectivity index (χ2v) is 5.11. The monoisotopic (exact) mass is 272 g/mol. The summed E-state index contributed by atoms with van der Waals surface area (Å²) >= 11 is 0. The molecule has 2 amide bonds. The Morgan fingerprint density at radius 3 is 2.53 bits per heavy atom. The number of rotatable bonds is 8. The third kappa shape index (κ3) is 4.70. The minimum atomic E-state index is -1.01. The molecule has 1 saturated carbocycles. The molecule has 110 valence electrons. The number of hydrogen-bond donors (Lipinski definition) is 3. The van der Waals surface area contributed by atoms with Crippen molar-refractivity contribution in [3.8, 4) is 0 Å². The number of carbonyl (C=O) groups is 2. The van der Waals surface area contributed by atoms with Crippen LogP contribution in [-0.4, -0.2) is 42.4 Å². The molecule has 6 nitrogen and oxygen atoms in total. The molecule has 0 radical (unpaired) electrons. The number of hydrogen-bond acceptors (Lipinski definition) is 3. The lowest BCUT2D eigenvalue weighted by Gasteiger charge is -2.42. The maximum Gasteiger partial charge on any atom is 0.326 e. The fraction of sp³-hybridized carbons (Fsp3) is 0.846. The fourth-order valence-electron chi connectivity index (χ4n) is 2.29. The number of nitrogens with one attached hydrogen (secondary N) is 2. The molecule has 0 aromatic heterocycles. The van der Waals surface area contributed by atoms with Gasteiger partial charge in [0.1, 0.15) is 6.04 Å². The van der Waals surface area contributed by atoms with Gasteiger partial charge in [0.15, 0.2) is 0 Å². The summed E-state index contributed by atoms with van der Waals surface area (Å²) in [5.41, 5.74) is -0.125. The SMILES string of the molecule is CCC1(NC(=O)NC(CCCOC)C(=O)O)CCC1. The molecule has 3 N–H and O–H groups in total. The van der Waals surface area contributed by atoms with Gasteiger partial charge in [-0.1, -0.05) is 6.92 Å². The quantitative estimate of drug-likeness (QED) is 0.584. The normalized spacial score (nSPS) is 18.2. The van der Waals surface area contributed by atoms with Crippen LogP contribution in [0.4, 0.5) is 4.79 Å². The molecule has 19 heavy (non-hydrogen) atoms. The Morgan fingerprint density at radius 2 is 2.11 bits per heavy atom. The van der Waals surface area contributed by atoms with Crippen LogP contribution in [0.25, 0.3) is 0 Å². The van der Waals surface area contributed by atoms with Crippen molar-refractivity contribution in [2.24, 2.45) is 0 Å². The van der Waals surface area contributed by atoms with Crippen molar-refractivity contribution >= 4 is 12.0 Å². The summed E-state index contributed by atoms with van der Waals surface area (Å²) in [6.07, 6.45) is 4.91. The first-order chi connectivity index (χ1) is 9.03. The summed E-state index contributed by atoms with van der Waals surface area (Å²) in [6.45, 7) is 2.53. The van der Waals surface area contributed by atoms with Crippen LogP contribution < -0.4 is 10.6 Å². The average Bonchev–Trinajstić information content (AvgIpc) is 2.32. The van der Waals surface area contributed by atoms with Crippen LogP contribution >= 0.6 is 0 Å². The third-order valence-electron chi connectivity index (χ3n) is 3.81. The number of amides is 2. The van der Waals surface area contributed by atoms with E-state index in [4.69, 9.17) is 9.84 Å². The van der Waals surface area contributed by atoms with E-state index in [1.54, 1.807) is 7.11 Å². The van der Waals surface area contributed by atoms with Crippen LogP contribution in [-0.2, 0) is 9.53 Å². The molecule has 0 aliphatic heterocycles. The maximum atomic E-state index is 11.8. The zero-order valence-corrected chi connectivity index (χ0v) is 11.7. The molecule has 0 bridgehead atoms. The van der Waals surface area contributed by atoms with Crippen LogP contribution in [0, 0.1) is 0 Å². The van der Waals surface area contributed by atoms with Crippen molar-refractivity contribution in [2.45, 2.75) is 57.0 Å². The number of aliphatic carboxylic acids is 1. The Bertz CT molecular complexity index is 310. The van der Waals surface area contributed by atoms with E-state index in [2.05, 4.69) is 10.6 Å². The minimum absolute atomic E-state index is 0.125. The van der Waals surface area contributed by atoms with Crippen LogP contribution in [0.15, 0.2) is 0 Å². The van der Waals surface area contributed by atoms with E-state index in [0.717, 1.165) is 25.7 Å². The van der Waals surface area contributed by atoms with Crippen molar-refractivity contribution in [3.05, 3.63) is 0 Å². The summed E-state index contributed by atoms with van der Waals surface area (Å²) in [4.78, 5) is 22.9. The first-order valence-electron chi connectivity index (χ1n) is 6.83. The molecule has 1 atom stereocenters. The van der Waals surface area contributed by atoms with Gasteiger partial charge in [0.2, 0.25) is 0 Å². The first kappa shape index (κ1) is 15.8. The molecule has 6 heteroatoms. The first-order valence-corrected chi connectivity index (χ1v) is 6.83. The van der Waals surface area contributed by atoms with E-state index >= 15 is 0 Å². The molecule has 1 aliphatic rings. The van der Waals surface area contributed by atoms with Gasteiger partial charge in [0.25, 0.3) is 0 Å². The molecule has 0 heterocycles. The van der Waals surface area contributed by atoms with Crippen molar-refractivity contribution in [1.29, 1.82) is 0 Å². The Morgan fingerprint density at radius 1 is 1.42 bits per heavy atom. The molecule has 1 rings (SSSR count). The van der Waals surface area contributed by atoms with Gasteiger partial charge in [0, 0.05) is 19.3 Å². The van der Waals surface area contributed by atoms with Crippen LogP contribution in [0.3, 0.4) is 0 Å². The molecule has 1 unspecified atom stereocenters. The maximum absolute atomic E-state index is 11.8. The van der Waals surface area contributed by atoms with E-state index in [1.165, 1.54) is 0 Å². The molecular formula is C13H24N2O4. The van der Waals surface area contributed by atoms with E-state index in [-0.39, 0.29) is 11.6 Å². The number of carbonyl (C=O) groups excluding carboxylic acids is 1. The van der Waals surface area contributed by atoms with Gasteiger partial charge in [-0.25, -0.2) is 9.59 Å². The van der Waals surface area contributed by atoms with E-state index < -0.39 is 12.0 Å². The Hall–Kier alpha value is -1.30. The highest BCUT2D eigenvalue weighted by Gasteiger charge is 2.37. The topological polar surface area (TPSA) is 87.7 Å². The van der Waals surface area contributed by atoms with Crippen molar-refractivity contribution < 1.29 is 19.4 Å². The largest absolute Gasteiger partial charge is 0.480 e. The summed E-state index contributed by atoms with van der Waals surface area (Å²) in [6, 6.07) is -1.24. The second-order valence-electron chi connectivity index (χ2n) is 5.11. The lowest BCUT2D eigenvalue weighted by atomic mass is 9.75. The number of urea groups is 1. The zero-order chi connectivity index (χ0) is 14.3. The van der Waals surface area contributed by atoms with Gasteiger partial charge in [-0.2, -0.15) is 0 Å². The smallest absolute Gasteiger partial charge is 0.326 e. The fourth-order valence-corrected chi connectivity index (χ4v) is 2.29. The zero-order valence-electron chi connectivity index (χ0n) is 11.7. The summed E-state index contributed by atoms with van der Waals surface area (Å²) in [5, 5.41) is 14.5. The Balaban J connectivity index is 2.40.